The highest BCUT2D eigenvalue weighted by molar-refractivity contribution is 9.10. The number of hydrogen-bond donors (Lipinski definition) is 1. The number of carbonyl (C=O) groups excluding carboxylic acids is 2. The van der Waals surface area contributed by atoms with E-state index < -0.39 is 11.9 Å². The first-order valence-electron chi connectivity index (χ1n) is 7.65. The molecule has 3 rings (SSSR count). The first-order valence-corrected chi connectivity index (χ1v) is 9.26. The van der Waals surface area contributed by atoms with Crippen LogP contribution in [0.3, 0.4) is 0 Å². The van der Waals surface area contributed by atoms with E-state index in [9.17, 15) is 9.59 Å². The molecule has 7 nitrogen and oxygen atoms in total. The van der Waals surface area contributed by atoms with Gasteiger partial charge in [-0.2, -0.15) is 5.10 Å². The van der Waals surface area contributed by atoms with Gasteiger partial charge in [-0.1, -0.05) is 0 Å². The topological polar surface area (TPSA) is 86.4 Å². The second kappa shape index (κ2) is 7.46. The highest BCUT2D eigenvalue weighted by Crippen LogP contribution is 2.33. The summed E-state index contributed by atoms with van der Waals surface area (Å²) in [5.74, 6) is -0.154. The van der Waals surface area contributed by atoms with Crippen molar-refractivity contribution in [2.75, 3.05) is 12.4 Å². The summed E-state index contributed by atoms with van der Waals surface area (Å²) in [6.45, 7) is 4.11. The number of furan rings is 1. The largest absolute Gasteiger partial charge is 0.465 e. The molecule has 1 N–H and O–H groups in total. The highest BCUT2D eigenvalue weighted by Gasteiger charge is 2.23. The third-order valence-electron chi connectivity index (χ3n) is 3.81. The van der Waals surface area contributed by atoms with E-state index in [-0.39, 0.29) is 5.76 Å². The van der Waals surface area contributed by atoms with Crippen LogP contribution in [0.2, 0.25) is 0 Å². The van der Waals surface area contributed by atoms with Crippen molar-refractivity contribution in [3.05, 3.63) is 56.5 Å². The number of thiophene rings is 1. The molecule has 0 radical (unpaired) electrons. The third-order valence-corrected chi connectivity index (χ3v) is 5.34. The van der Waals surface area contributed by atoms with Crippen LogP contribution in [0.4, 0.5) is 5.00 Å². The van der Waals surface area contributed by atoms with E-state index in [1.165, 1.54) is 18.4 Å². The number of anilines is 1. The molecule has 0 aromatic carbocycles. The Balaban J connectivity index is 1.77. The van der Waals surface area contributed by atoms with Gasteiger partial charge in [-0.15, -0.1) is 11.3 Å². The smallest absolute Gasteiger partial charge is 0.341 e. The Morgan fingerprint density at radius 3 is 2.81 bits per heavy atom. The number of aryl methyl sites for hydroxylation is 1. The fourth-order valence-corrected chi connectivity index (χ4v) is 3.77. The summed E-state index contributed by atoms with van der Waals surface area (Å²) in [6.07, 6.45) is 3.48. The molecule has 0 fully saturated rings. The lowest BCUT2D eigenvalue weighted by Crippen LogP contribution is -2.13. The Bertz CT molecular complexity index is 973. The average Bonchev–Trinajstić information content (AvgIpc) is 3.29. The van der Waals surface area contributed by atoms with Crippen molar-refractivity contribution in [2.45, 2.75) is 20.4 Å². The molecule has 0 atom stereocenters. The number of carbonyl (C=O) groups is 2. The molecular weight excluding hydrogens is 422 g/mol. The maximum Gasteiger partial charge on any atom is 0.341 e. The molecular formula is C17H16BrN3O4S. The Labute approximate surface area is 162 Å². The highest BCUT2D eigenvalue weighted by atomic mass is 79.9. The van der Waals surface area contributed by atoms with E-state index in [1.54, 1.807) is 23.0 Å². The lowest BCUT2D eigenvalue weighted by Gasteiger charge is -2.04. The van der Waals surface area contributed by atoms with E-state index in [1.807, 2.05) is 20.0 Å². The number of ether oxygens (including phenoxy) is 1. The van der Waals surface area contributed by atoms with Crippen LogP contribution < -0.4 is 5.32 Å². The number of nitrogens with one attached hydrogen (secondary N) is 1. The van der Waals surface area contributed by atoms with Crippen LogP contribution in [0.1, 0.15) is 37.1 Å². The second-order valence-electron chi connectivity index (χ2n) is 5.56. The number of amides is 1. The second-order valence-corrected chi connectivity index (χ2v) is 7.70. The fourth-order valence-electron chi connectivity index (χ4n) is 2.40. The zero-order valence-corrected chi connectivity index (χ0v) is 16.7. The van der Waals surface area contributed by atoms with Gasteiger partial charge in [0.1, 0.15) is 10.8 Å². The Hall–Kier alpha value is -2.39. The van der Waals surface area contributed by atoms with Gasteiger partial charge in [0.25, 0.3) is 5.91 Å². The van der Waals surface area contributed by atoms with Crippen molar-refractivity contribution in [1.82, 2.24) is 9.78 Å². The summed E-state index contributed by atoms with van der Waals surface area (Å²) in [7, 11) is 1.31. The zero-order valence-electron chi connectivity index (χ0n) is 14.3. The van der Waals surface area contributed by atoms with E-state index >= 15 is 0 Å². The summed E-state index contributed by atoms with van der Waals surface area (Å²) in [5, 5.41) is 7.34. The predicted octanol–water partition coefficient (Wildman–Crippen LogP) is 4.00. The lowest BCUT2D eigenvalue weighted by molar-refractivity contribution is 0.0601. The van der Waals surface area contributed by atoms with Crippen LogP contribution in [0.25, 0.3) is 0 Å². The molecule has 0 unspecified atom stereocenters. The van der Waals surface area contributed by atoms with Crippen molar-refractivity contribution in [2.24, 2.45) is 0 Å². The SMILES string of the molecule is COC(=O)c1c(NC(=O)c2ccc(Cn3cc(Br)cn3)o2)sc(C)c1C. The molecule has 0 aliphatic heterocycles. The number of nitrogens with zero attached hydrogens (tertiary/aromatic N) is 2. The van der Waals surface area contributed by atoms with Gasteiger partial charge in [0.15, 0.2) is 5.76 Å². The molecule has 0 spiro atoms. The fraction of sp³-hybridized carbons (Fsp3) is 0.235. The number of methoxy groups -OCH3 is 1. The molecule has 0 bridgehead atoms. The van der Waals surface area contributed by atoms with Crippen LogP contribution in [-0.2, 0) is 11.3 Å². The number of rotatable bonds is 5. The van der Waals surface area contributed by atoms with E-state index in [4.69, 9.17) is 9.15 Å². The maximum atomic E-state index is 12.5. The molecule has 26 heavy (non-hydrogen) atoms. The first kappa shape index (κ1) is 18.4. The minimum atomic E-state index is -0.480. The molecule has 0 aliphatic rings. The molecule has 0 saturated heterocycles. The van der Waals surface area contributed by atoms with Crippen LogP contribution in [0.15, 0.2) is 33.4 Å². The normalized spacial score (nSPS) is 10.8. The molecule has 0 aliphatic carbocycles. The number of halogens is 1. The number of aromatic nitrogens is 2. The van der Waals surface area contributed by atoms with Gasteiger partial charge in [0, 0.05) is 11.1 Å². The molecule has 1 amide bonds. The van der Waals surface area contributed by atoms with Gasteiger partial charge in [-0.05, 0) is 47.5 Å². The van der Waals surface area contributed by atoms with Crippen LogP contribution in [0.5, 0.6) is 0 Å². The van der Waals surface area contributed by atoms with Crippen LogP contribution in [0, 0.1) is 13.8 Å². The first-order chi connectivity index (χ1) is 12.4. The van der Waals surface area contributed by atoms with Gasteiger partial charge in [0.2, 0.25) is 0 Å². The van der Waals surface area contributed by atoms with E-state index in [2.05, 4.69) is 26.3 Å². The Morgan fingerprint density at radius 1 is 1.38 bits per heavy atom. The zero-order chi connectivity index (χ0) is 18.8. The minimum absolute atomic E-state index is 0.158. The van der Waals surface area contributed by atoms with Crippen molar-refractivity contribution in [1.29, 1.82) is 0 Å². The van der Waals surface area contributed by atoms with Crippen molar-refractivity contribution < 1.29 is 18.7 Å². The van der Waals surface area contributed by atoms with Gasteiger partial charge in [0.05, 0.1) is 29.9 Å². The third kappa shape index (κ3) is 3.73. The summed E-state index contributed by atoms with van der Waals surface area (Å²) >= 11 is 4.65. The maximum absolute atomic E-state index is 12.5. The minimum Gasteiger partial charge on any atom is -0.465 e. The van der Waals surface area contributed by atoms with Crippen LogP contribution >= 0.6 is 27.3 Å². The number of esters is 1. The van der Waals surface area contributed by atoms with Crippen molar-refractivity contribution in [3.63, 3.8) is 0 Å². The monoisotopic (exact) mass is 437 g/mol. The van der Waals surface area contributed by atoms with E-state index in [0.717, 1.165) is 14.9 Å². The van der Waals surface area contributed by atoms with Gasteiger partial charge in [-0.25, -0.2) is 4.79 Å². The van der Waals surface area contributed by atoms with E-state index in [0.29, 0.717) is 22.9 Å². The summed E-state index contributed by atoms with van der Waals surface area (Å²) in [5.41, 5.74) is 1.16. The standard InChI is InChI=1S/C17H16BrN3O4S/c1-9-10(2)26-16(14(9)17(23)24-3)20-15(22)13-5-4-12(25-13)8-21-7-11(18)6-19-21/h4-7H,8H2,1-3H3,(H,20,22). The summed E-state index contributed by atoms with van der Waals surface area (Å²) < 4.78 is 13.0. The van der Waals surface area contributed by atoms with Gasteiger partial charge < -0.3 is 14.5 Å². The molecule has 9 heteroatoms. The summed E-state index contributed by atoms with van der Waals surface area (Å²) in [4.78, 5) is 25.4. The lowest BCUT2D eigenvalue weighted by atomic mass is 10.1. The van der Waals surface area contributed by atoms with Crippen molar-refractivity contribution in [3.8, 4) is 0 Å². The average molecular weight is 438 g/mol. The molecule has 3 aromatic rings. The Kier molecular flexibility index (Phi) is 5.28. The van der Waals surface area contributed by atoms with Gasteiger partial charge in [-0.3, -0.25) is 9.48 Å². The molecule has 136 valence electrons. The molecule has 0 saturated carbocycles. The number of hydrogen-bond acceptors (Lipinski definition) is 6. The Morgan fingerprint density at radius 2 is 2.15 bits per heavy atom. The molecule has 3 heterocycles. The molecule has 3 aromatic heterocycles. The summed E-state index contributed by atoms with van der Waals surface area (Å²) in [6, 6.07) is 3.31. The quantitative estimate of drug-likeness (QED) is 0.609. The predicted molar refractivity (Wildman–Crippen MR) is 101 cm³/mol. The van der Waals surface area contributed by atoms with Crippen molar-refractivity contribution >= 4 is 44.1 Å². The van der Waals surface area contributed by atoms with Crippen LogP contribution in [-0.4, -0.2) is 28.8 Å². The van der Waals surface area contributed by atoms with Gasteiger partial charge >= 0.3 is 5.97 Å².